The third-order valence-corrected chi connectivity index (χ3v) is 6.41. The van der Waals surface area contributed by atoms with Crippen LogP contribution >= 0.6 is 11.6 Å². The van der Waals surface area contributed by atoms with Gasteiger partial charge in [0.2, 0.25) is 11.7 Å². The average molecular weight is 547 g/mol. The molecule has 2 heterocycles. The lowest BCUT2D eigenvalue weighted by molar-refractivity contribution is -0.127. The Morgan fingerprint density at radius 2 is 1.97 bits per heavy atom. The van der Waals surface area contributed by atoms with E-state index in [0.717, 1.165) is 23.7 Å². The lowest BCUT2D eigenvalue weighted by Crippen LogP contribution is -2.52. The fourth-order valence-corrected chi connectivity index (χ4v) is 4.44. The number of tetrazole rings is 1. The molecule has 38 heavy (non-hydrogen) atoms. The molecule has 0 aliphatic carbocycles. The zero-order chi connectivity index (χ0) is 27.2. The second-order valence-electron chi connectivity index (χ2n) is 9.54. The van der Waals surface area contributed by atoms with Gasteiger partial charge in [-0.05, 0) is 72.9 Å². The minimum atomic E-state index is -0.912. The van der Waals surface area contributed by atoms with Crippen LogP contribution in [-0.4, -0.2) is 57.3 Å². The van der Waals surface area contributed by atoms with Gasteiger partial charge in [0.1, 0.15) is 24.2 Å². The molecule has 12 heteroatoms. The van der Waals surface area contributed by atoms with Crippen LogP contribution in [-0.2, 0) is 20.9 Å². The summed E-state index contributed by atoms with van der Waals surface area (Å²) in [5.74, 6) is -1.67. The van der Waals surface area contributed by atoms with Crippen molar-refractivity contribution in [2.75, 3.05) is 18.1 Å². The number of ether oxygens (including phenoxy) is 1. The van der Waals surface area contributed by atoms with Gasteiger partial charge in [-0.1, -0.05) is 25.4 Å². The first kappa shape index (κ1) is 27.6. The number of halogens is 3. The van der Waals surface area contributed by atoms with Crippen LogP contribution in [0.2, 0.25) is 5.02 Å². The van der Waals surface area contributed by atoms with Crippen LogP contribution in [0.1, 0.15) is 33.1 Å². The minimum Gasteiger partial charge on any atom is -0.376 e. The summed E-state index contributed by atoms with van der Waals surface area (Å²) >= 11 is 6.05. The first-order chi connectivity index (χ1) is 18.2. The second-order valence-corrected chi connectivity index (χ2v) is 9.95. The van der Waals surface area contributed by atoms with Crippen molar-refractivity contribution in [3.05, 3.63) is 59.1 Å². The van der Waals surface area contributed by atoms with E-state index in [-0.39, 0.29) is 41.0 Å². The number of carbonyl (C=O) groups excluding carboxylic acids is 2. The number of hydrogen-bond acceptors (Lipinski definition) is 6. The molecule has 202 valence electrons. The molecule has 1 aliphatic heterocycles. The number of amides is 2. The molecule has 0 unspecified atom stereocenters. The number of nitrogens with zero attached hydrogens (tertiary/aromatic N) is 5. The lowest BCUT2D eigenvalue weighted by atomic mass is 10.00. The summed E-state index contributed by atoms with van der Waals surface area (Å²) in [7, 11) is 0. The van der Waals surface area contributed by atoms with Crippen molar-refractivity contribution in [3.8, 4) is 11.4 Å². The van der Waals surface area contributed by atoms with E-state index < -0.39 is 23.6 Å². The smallest absolute Gasteiger partial charge is 0.251 e. The second kappa shape index (κ2) is 12.4. The molecule has 0 bridgehead atoms. The summed E-state index contributed by atoms with van der Waals surface area (Å²) in [5, 5.41) is 14.9. The van der Waals surface area contributed by atoms with Gasteiger partial charge in [-0.2, -0.15) is 4.80 Å². The maximum Gasteiger partial charge on any atom is 0.251 e. The van der Waals surface area contributed by atoms with Gasteiger partial charge in [0.25, 0.3) is 5.91 Å². The molecule has 3 aromatic rings. The highest BCUT2D eigenvalue weighted by atomic mass is 35.5. The first-order valence-corrected chi connectivity index (χ1v) is 12.8. The molecule has 2 atom stereocenters. The van der Waals surface area contributed by atoms with Gasteiger partial charge in [0, 0.05) is 24.4 Å². The maximum absolute atomic E-state index is 14.0. The predicted molar refractivity (Wildman–Crippen MR) is 137 cm³/mol. The summed E-state index contributed by atoms with van der Waals surface area (Å²) in [6.07, 6.45) is 2.04. The maximum atomic E-state index is 14.0. The Kier molecular flexibility index (Phi) is 9.01. The highest BCUT2D eigenvalue weighted by molar-refractivity contribution is 6.31. The Balaban J connectivity index is 1.61. The van der Waals surface area contributed by atoms with Crippen LogP contribution in [0.3, 0.4) is 0 Å². The van der Waals surface area contributed by atoms with E-state index >= 15 is 0 Å². The number of anilines is 1. The summed E-state index contributed by atoms with van der Waals surface area (Å²) in [6.45, 7) is 4.50. The standard InChI is InChI=1S/C26H29ClF2N6O3/c1-16(2)12-23(26(37)30-14-20-4-3-11-38-20)35(19-9-10-22(29)21(27)13-19)24(36)15-34-32-25(31-33-34)17-5-7-18(28)8-6-17/h5-10,13,16,20,23H,3-4,11-12,14-15H2,1-2H3,(H,30,37)/t20-,23+/m1/s1. The van der Waals surface area contributed by atoms with E-state index in [4.69, 9.17) is 16.3 Å². The van der Waals surface area contributed by atoms with Crippen molar-refractivity contribution < 1.29 is 23.1 Å². The molecule has 1 fully saturated rings. The predicted octanol–water partition coefficient (Wildman–Crippen LogP) is 4.01. The van der Waals surface area contributed by atoms with Crippen molar-refractivity contribution in [3.63, 3.8) is 0 Å². The van der Waals surface area contributed by atoms with Crippen molar-refractivity contribution in [1.29, 1.82) is 0 Å². The molecule has 1 aromatic heterocycles. The van der Waals surface area contributed by atoms with Gasteiger partial charge >= 0.3 is 0 Å². The van der Waals surface area contributed by atoms with Gasteiger partial charge < -0.3 is 10.1 Å². The minimum absolute atomic E-state index is 0.0503. The number of benzene rings is 2. The van der Waals surface area contributed by atoms with Crippen LogP contribution in [0.5, 0.6) is 0 Å². The van der Waals surface area contributed by atoms with Crippen molar-refractivity contribution >= 4 is 29.1 Å². The summed E-state index contributed by atoms with van der Waals surface area (Å²) in [5.41, 5.74) is 0.789. The molecular weight excluding hydrogens is 518 g/mol. The molecule has 0 saturated carbocycles. The fraction of sp³-hybridized carbons (Fsp3) is 0.423. The topological polar surface area (TPSA) is 102 Å². The molecule has 1 N–H and O–H groups in total. The van der Waals surface area contributed by atoms with E-state index in [0.29, 0.717) is 25.1 Å². The van der Waals surface area contributed by atoms with Gasteiger partial charge in [-0.25, -0.2) is 8.78 Å². The first-order valence-electron chi connectivity index (χ1n) is 12.4. The van der Waals surface area contributed by atoms with Gasteiger partial charge in [-0.3, -0.25) is 14.5 Å². The molecule has 0 spiro atoms. The van der Waals surface area contributed by atoms with E-state index in [1.807, 2.05) is 13.8 Å². The van der Waals surface area contributed by atoms with Crippen LogP contribution in [0.4, 0.5) is 14.5 Å². The molecule has 4 rings (SSSR count). The van der Waals surface area contributed by atoms with Gasteiger partial charge in [-0.15, -0.1) is 10.2 Å². The quantitative estimate of drug-likeness (QED) is 0.412. The highest BCUT2D eigenvalue weighted by Gasteiger charge is 2.33. The van der Waals surface area contributed by atoms with Crippen molar-refractivity contribution in [1.82, 2.24) is 25.5 Å². The Morgan fingerprint density at radius 1 is 1.21 bits per heavy atom. The third-order valence-electron chi connectivity index (χ3n) is 6.12. The monoisotopic (exact) mass is 546 g/mol. The number of hydrogen-bond donors (Lipinski definition) is 1. The molecule has 2 amide bonds. The number of carbonyl (C=O) groups is 2. The summed E-state index contributed by atoms with van der Waals surface area (Å²) in [4.78, 5) is 29.5. The number of rotatable bonds is 10. The van der Waals surface area contributed by atoms with E-state index in [1.165, 1.54) is 41.3 Å². The van der Waals surface area contributed by atoms with Gasteiger partial charge in [0.05, 0.1) is 11.1 Å². The Hall–Kier alpha value is -3.44. The number of aromatic nitrogens is 4. The normalized spacial score (nSPS) is 16.0. The average Bonchev–Trinajstić information content (AvgIpc) is 3.57. The molecule has 9 nitrogen and oxygen atoms in total. The third kappa shape index (κ3) is 6.90. The highest BCUT2D eigenvalue weighted by Crippen LogP contribution is 2.27. The molecule has 2 aromatic carbocycles. The SMILES string of the molecule is CC(C)C[C@@H](C(=O)NC[C@H]1CCCO1)N(C(=O)Cn1nnc(-c2ccc(F)cc2)n1)c1ccc(F)c(Cl)c1. The van der Waals surface area contributed by atoms with E-state index in [2.05, 4.69) is 20.7 Å². The van der Waals surface area contributed by atoms with E-state index in [9.17, 15) is 18.4 Å². The van der Waals surface area contributed by atoms with Crippen LogP contribution in [0.15, 0.2) is 42.5 Å². The largest absolute Gasteiger partial charge is 0.376 e. The van der Waals surface area contributed by atoms with Crippen molar-refractivity contribution in [2.24, 2.45) is 5.92 Å². The molecule has 0 radical (unpaired) electrons. The molecule has 1 aliphatic rings. The lowest BCUT2D eigenvalue weighted by Gasteiger charge is -2.32. The Morgan fingerprint density at radius 3 is 2.63 bits per heavy atom. The van der Waals surface area contributed by atoms with Crippen LogP contribution in [0, 0.1) is 17.6 Å². The van der Waals surface area contributed by atoms with Crippen molar-refractivity contribution in [2.45, 2.75) is 51.8 Å². The number of nitrogens with one attached hydrogen (secondary N) is 1. The van der Waals surface area contributed by atoms with E-state index in [1.54, 1.807) is 0 Å². The zero-order valence-electron chi connectivity index (χ0n) is 21.1. The van der Waals surface area contributed by atoms with Crippen LogP contribution in [0.25, 0.3) is 11.4 Å². The summed E-state index contributed by atoms with van der Waals surface area (Å²) < 4.78 is 32.9. The zero-order valence-corrected chi connectivity index (χ0v) is 21.9. The fourth-order valence-electron chi connectivity index (χ4n) is 4.27. The van der Waals surface area contributed by atoms with Crippen LogP contribution < -0.4 is 10.2 Å². The Labute approximate surface area is 224 Å². The molecule has 1 saturated heterocycles. The molecular formula is C26H29ClF2N6O3. The van der Waals surface area contributed by atoms with Gasteiger partial charge in [0.15, 0.2) is 0 Å². The Bertz CT molecular complexity index is 1260. The summed E-state index contributed by atoms with van der Waals surface area (Å²) in [6, 6.07) is 8.50.